The molecule has 0 aliphatic rings. The van der Waals surface area contributed by atoms with Gasteiger partial charge in [0.05, 0.1) is 5.56 Å². The van der Waals surface area contributed by atoms with Gasteiger partial charge in [-0.3, -0.25) is 9.36 Å². The number of nitrogens with zero attached hydrogens (tertiary/aromatic N) is 1. The van der Waals surface area contributed by atoms with Crippen molar-refractivity contribution in [2.45, 2.75) is 40.7 Å². The Morgan fingerprint density at radius 3 is 2.39 bits per heavy atom. The van der Waals surface area contributed by atoms with Crippen molar-refractivity contribution >= 4 is 26.0 Å². The third kappa shape index (κ3) is 5.87. The summed E-state index contributed by atoms with van der Waals surface area (Å²) in [4.78, 5) is 12.2. The van der Waals surface area contributed by atoms with Crippen LogP contribution in [0.5, 0.6) is 0 Å². The van der Waals surface area contributed by atoms with Crippen LogP contribution < -0.4 is 5.73 Å². The molecular formula is C19H26ClN2O5P. The van der Waals surface area contributed by atoms with Crippen molar-refractivity contribution in [3.63, 3.8) is 0 Å². The van der Waals surface area contributed by atoms with Crippen molar-refractivity contribution in [1.82, 2.24) is 4.57 Å². The Kier molecular flexibility index (Phi) is 9.79. The number of aryl methyl sites for hydroxylation is 1. The van der Waals surface area contributed by atoms with E-state index >= 15 is 0 Å². The third-order valence-electron chi connectivity index (χ3n) is 4.35. The number of amides is 1. The van der Waals surface area contributed by atoms with Gasteiger partial charge in [-0.25, -0.2) is 10.5 Å². The molecule has 7 nitrogen and oxygen atoms in total. The van der Waals surface area contributed by atoms with Gasteiger partial charge in [0.1, 0.15) is 0 Å². The SMILES string of the molecule is Cc1ccc(-c2c(C(N)=O)c(C)n(CCP=O)c2CC(C)C)cc1Cl.OOO. The van der Waals surface area contributed by atoms with Crippen LogP contribution in [0.3, 0.4) is 0 Å². The molecule has 0 saturated carbocycles. The van der Waals surface area contributed by atoms with E-state index in [-0.39, 0.29) is 8.46 Å². The third-order valence-corrected chi connectivity index (χ3v) is 5.14. The minimum absolute atomic E-state index is 0.0878. The summed E-state index contributed by atoms with van der Waals surface area (Å²) in [5, 5.41) is 16.2. The van der Waals surface area contributed by atoms with E-state index < -0.39 is 5.91 Å². The Bertz CT molecular complexity index is 836. The lowest BCUT2D eigenvalue weighted by molar-refractivity contribution is -0.465. The highest BCUT2D eigenvalue weighted by Gasteiger charge is 2.25. The van der Waals surface area contributed by atoms with E-state index in [0.717, 1.165) is 34.5 Å². The van der Waals surface area contributed by atoms with Crippen molar-refractivity contribution < 1.29 is 24.9 Å². The fraction of sp³-hybridized carbons (Fsp3) is 0.421. The molecule has 2 rings (SSSR count). The number of aromatic nitrogens is 1. The maximum atomic E-state index is 12.2. The maximum Gasteiger partial charge on any atom is 0.251 e. The molecule has 0 aliphatic heterocycles. The Morgan fingerprint density at radius 1 is 1.32 bits per heavy atom. The second kappa shape index (κ2) is 11.3. The van der Waals surface area contributed by atoms with E-state index in [0.29, 0.717) is 29.2 Å². The van der Waals surface area contributed by atoms with Gasteiger partial charge in [-0.05, 0) is 43.4 Å². The van der Waals surface area contributed by atoms with Crippen LogP contribution >= 0.6 is 20.1 Å². The quantitative estimate of drug-likeness (QED) is 0.327. The molecule has 28 heavy (non-hydrogen) atoms. The van der Waals surface area contributed by atoms with Gasteiger partial charge >= 0.3 is 0 Å². The molecule has 1 aromatic carbocycles. The fourth-order valence-electron chi connectivity index (χ4n) is 3.20. The van der Waals surface area contributed by atoms with Crippen molar-refractivity contribution in [1.29, 1.82) is 0 Å². The summed E-state index contributed by atoms with van der Waals surface area (Å²) in [6.45, 7) is 8.69. The number of halogens is 1. The topological polar surface area (TPSA) is 115 Å². The number of benzene rings is 1. The molecule has 1 aromatic heterocycles. The molecule has 0 radical (unpaired) electrons. The summed E-state index contributed by atoms with van der Waals surface area (Å²) in [6.07, 6.45) is 1.29. The minimum Gasteiger partial charge on any atom is -0.366 e. The first kappa shape index (κ1) is 24.3. The Balaban J connectivity index is 0.00000122. The van der Waals surface area contributed by atoms with Crippen LogP contribution in [0.25, 0.3) is 11.1 Å². The fourth-order valence-corrected chi connectivity index (χ4v) is 3.66. The molecule has 154 valence electrons. The van der Waals surface area contributed by atoms with Crippen LogP contribution in [0.15, 0.2) is 18.2 Å². The highest BCUT2D eigenvalue weighted by molar-refractivity contribution is 7.23. The number of nitrogens with two attached hydrogens (primary N) is 1. The summed E-state index contributed by atoms with van der Waals surface area (Å²) in [7, 11) is 0.0878. The summed E-state index contributed by atoms with van der Waals surface area (Å²) in [5.74, 6) is -0.0501. The van der Waals surface area contributed by atoms with Crippen molar-refractivity contribution in [3.8, 4) is 11.1 Å². The molecule has 9 heteroatoms. The molecule has 0 unspecified atom stereocenters. The maximum absolute atomic E-state index is 12.2. The zero-order valence-corrected chi connectivity index (χ0v) is 18.0. The van der Waals surface area contributed by atoms with Crippen molar-refractivity contribution in [2.24, 2.45) is 11.7 Å². The molecule has 0 saturated heterocycles. The minimum atomic E-state index is -0.451. The van der Waals surface area contributed by atoms with Crippen molar-refractivity contribution in [2.75, 3.05) is 6.16 Å². The smallest absolute Gasteiger partial charge is 0.251 e. The largest absolute Gasteiger partial charge is 0.366 e. The first-order chi connectivity index (χ1) is 13.2. The average Bonchev–Trinajstić information content (AvgIpc) is 2.87. The monoisotopic (exact) mass is 428 g/mol. The van der Waals surface area contributed by atoms with Crippen LogP contribution in [0.4, 0.5) is 0 Å². The summed E-state index contributed by atoms with van der Waals surface area (Å²) < 4.78 is 13.1. The van der Waals surface area contributed by atoms with Crippen molar-refractivity contribution in [3.05, 3.63) is 45.7 Å². The van der Waals surface area contributed by atoms with E-state index in [4.69, 9.17) is 27.8 Å². The lowest BCUT2D eigenvalue weighted by atomic mass is 9.95. The van der Waals surface area contributed by atoms with E-state index in [1.54, 1.807) is 0 Å². The lowest BCUT2D eigenvalue weighted by Crippen LogP contribution is -2.13. The second-order valence-electron chi connectivity index (χ2n) is 6.79. The normalized spacial score (nSPS) is 10.9. The highest BCUT2D eigenvalue weighted by atomic mass is 35.5. The molecule has 0 spiro atoms. The van der Waals surface area contributed by atoms with Crippen LogP contribution in [0, 0.1) is 19.8 Å². The highest BCUT2D eigenvalue weighted by Crippen LogP contribution is 2.36. The van der Waals surface area contributed by atoms with Crippen LogP contribution in [0.2, 0.25) is 5.02 Å². The second-order valence-corrected chi connectivity index (χ2v) is 7.91. The summed E-state index contributed by atoms with van der Waals surface area (Å²) >= 11 is 6.32. The number of carbonyl (C=O) groups is 1. The standard InChI is InChI=1S/C19H24ClN2O2P.H2O3/c1-11(2)9-16-18(14-6-5-12(3)15(20)10-14)17(19(21)23)13(4)22(16)7-8-25-24;1-3-2/h5-6,10-11H,7-9H2,1-4H3,(H2,21,23);1-2H. The number of primary amides is 1. The first-order valence-corrected chi connectivity index (χ1v) is 10.1. The van der Waals surface area contributed by atoms with Gasteiger partial charge < -0.3 is 10.3 Å². The molecular weight excluding hydrogens is 403 g/mol. The summed E-state index contributed by atoms with van der Waals surface area (Å²) in [5.41, 5.74) is 10.8. The average molecular weight is 429 g/mol. The van der Waals surface area contributed by atoms with Crippen LogP contribution in [-0.2, 0) is 22.6 Å². The molecule has 2 aromatic rings. The number of hydrogen-bond acceptors (Lipinski definition) is 5. The summed E-state index contributed by atoms with van der Waals surface area (Å²) in [6, 6.07) is 5.81. The zero-order chi connectivity index (χ0) is 21.4. The molecule has 1 heterocycles. The Labute approximate surface area is 171 Å². The van der Waals surface area contributed by atoms with E-state index in [9.17, 15) is 9.36 Å². The first-order valence-electron chi connectivity index (χ1n) is 8.71. The number of rotatable bonds is 7. The molecule has 0 aliphatic carbocycles. The molecule has 0 atom stereocenters. The van der Waals surface area contributed by atoms with Gasteiger partial charge in [0.15, 0.2) is 8.46 Å². The molecule has 4 N–H and O–H groups in total. The van der Waals surface area contributed by atoms with Gasteiger partial charge in [-0.15, -0.1) is 0 Å². The van der Waals surface area contributed by atoms with E-state index in [1.807, 2.05) is 32.0 Å². The van der Waals surface area contributed by atoms with Gasteiger partial charge in [-0.1, -0.05) is 42.6 Å². The molecule has 0 bridgehead atoms. The van der Waals surface area contributed by atoms with Gasteiger partial charge in [0.25, 0.3) is 5.91 Å². The van der Waals surface area contributed by atoms with Gasteiger partial charge in [-0.2, -0.15) is 0 Å². The van der Waals surface area contributed by atoms with Gasteiger partial charge in [0, 0.05) is 34.7 Å². The predicted molar refractivity (Wildman–Crippen MR) is 110 cm³/mol. The molecule has 0 fully saturated rings. The van der Waals surface area contributed by atoms with E-state index in [1.165, 1.54) is 0 Å². The van der Waals surface area contributed by atoms with E-state index in [2.05, 4.69) is 23.5 Å². The Hall–Kier alpha value is -1.76. The van der Waals surface area contributed by atoms with Gasteiger partial charge in [0.2, 0.25) is 0 Å². The lowest BCUT2D eigenvalue weighted by Gasteiger charge is -2.14. The zero-order valence-electron chi connectivity index (χ0n) is 16.4. The molecule has 1 amide bonds. The Morgan fingerprint density at radius 2 is 1.93 bits per heavy atom. The van der Waals surface area contributed by atoms with Crippen LogP contribution in [0.1, 0.15) is 41.2 Å². The predicted octanol–water partition coefficient (Wildman–Crippen LogP) is 4.96. The number of hydrogen-bond donors (Lipinski definition) is 3. The number of carbonyl (C=O) groups excluding carboxylic acids is 1. The van der Waals surface area contributed by atoms with Crippen LogP contribution in [-0.4, -0.2) is 27.2 Å².